The zero-order chi connectivity index (χ0) is 17.5. The molecule has 0 aliphatic carbocycles. The second kappa shape index (κ2) is 6.18. The van der Waals surface area contributed by atoms with Gasteiger partial charge in [0, 0.05) is 11.0 Å². The van der Waals surface area contributed by atoms with Crippen molar-refractivity contribution in [1.29, 1.82) is 0 Å². The summed E-state index contributed by atoms with van der Waals surface area (Å²) >= 11 is 3.05. The quantitative estimate of drug-likeness (QED) is 0.725. The van der Waals surface area contributed by atoms with Crippen LogP contribution in [-0.4, -0.2) is 28.0 Å². The van der Waals surface area contributed by atoms with E-state index in [0.29, 0.717) is 12.1 Å². The van der Waals surface area contributed by atoms with Crippen molar-refractivity contribution in [3.63, 3.8) is 0 Å². The van der Waals surface area contributed by atoms with E-state index in [4.69, 9.17) is 0 Å². The average Bonchev–Trinajstić information content (AvgIpc) is 2.98. The molecule has 0 unspecified atom stereocenters. The number of benzene rings is 2. The van der Waals surface area contributed by atoms with Crippen LogP contribution in [0.1, 0.15) is 15.9 Å². The van der Waals surface area contributed by atoms with E-state index in [-0.39, 0.29) is 16.6 Å². The number of para-hydroxylation sites is 1. The fourth-order valence-corrected chi connectivity index (χ4v) is 4.73. The number of fused-ring (bicyclic) bond motifs is 1. The maximum atomic E-state index is 14.3. The normalized spacial score (nSPS) is 13.7. The van der Waals surface area contributed by atoms with E-state index < -0.39 is 26.7 Å². The number of carbonyl (C=O) groups is 1. The van der Waals surface area contributed by atoms with Crippen molar-refractivity contribution in [2.75, 3.05) is 18.0 Å². The highest BCUT2D eigenvalue weighted by atomic mass is 79.9. The Bertz CT molecular complexity index is 930. The number of hydrogen-bond donors (Lipinski definition) is 0. The van der Waals surface area contributed by atoms with Crippen LogP contribution < -0.4 is 4.31 Å². The SMILES string of the molecule is COC(=O)c1cc(S(=O)(=O)N2CCc3ccccc32)c(F)cc1Br. The van der Waals surface area contributed by atoms with Gasteiger partial charge in [0.2, 0.25) is 0 Å². The number of halogens is 2. The van der Waals surface area contributed by atoms with Crippen LogP contribution in [0.25, 0.3) is 0 Å². The number of nitrogens with zero attached hydrogens (tertiary/aromatic N) is 1. The summed E-state index contributed by atoms with van der Waals surface area (Å²) in [6.07, 6.45) is 0.553. The first kappa shape index (κ1) is 16.9. The number of ether oxygens (including phenoxy) is 1. The molecule has 24 heavy (non-hydrogen) atoms. The highest BCUT2D eigenvalue weighted by molar-refractivity contribution is 9.10. The third-order valence-corrected chi connectivity index (χ3v) is 6.32. The molecule has 0 amide bonds. The van der Waals surface area contributed by atoms with Crippen LogP contribution in [0.4, 0.5) is 10.1 Å². The molecule has 5 nitrogen and oxygen atoms in total. The Morgan fingerprint density at radius 3 is 2.71 bits per heavy atom. The molecule has 0 bridgehead atoms. The molecule has 0 radical (unpaired) electrons. The smallest absolute Gasteiger partial charge is 0.339 e. The van der Waals surface area contributed by atoms with Gasteiger partial charge in [-0.1, -0.05) is 18.2 Å². The van der Waals surface area contributed by atoms with Gasteiger partial charge in [-0.15, -0.1) is 0 Å². The summed E-state index contributed by atoms with van der Waals surface area (Å²) < 4.78 is 46.1. The largest absolute Gasteiger partial charge is 0.465 e. The minimum Gasteiger partial charge on any atom is -0.465 e. The van der Waals surface area contributed by atoms with Gasteiger partial charge >= 0.3 is 5.97 Å². The van der Waals surface area contributed by atoms with E-state index >= 15 is 0 Å². The van der Waals surface area contributed by atoms with E-state index in [1.165, 1.54) is 7.11 Å². The molecule has 1 heterocycles. The third kappa shape index (κ3) is 2.69. The number of esters is 1. The second-order valence-electron chi connectivity index (χ2n) is 5.21. The van der Waals surface area contributed by atoms with E-state index in [0.717, 1.165) is 22.0 Å². The molecule has 1 aliphatic heterocycles. The fraction of sp³-hybridized carbons (Fsp3) is 0.188. The summed E-state index contributed by atoms with van der Waals surface area (Å²) in [4.78, 5) is 11.2. The van der Waals surface area contributed by atoms with Crippen LogP contribution in [-0.2, 0) is 21.2 Å². The molecule has 0 aromatic heterocycles. The summed E-state index contributed by atoms with van der Waals surface area (Å²) in [5.41, 5.74) is 1.36. The van der Waals surface area contributed by atoms with Crippen molar-refractivity contribution >= 4 is 37.6 Å². The number of methoxy groups -OCH3 is 1. The molecule has 0 N–H and O–H groups in total. The highest BCUT2D eigenvalue weighted by Gasteiger charge is 2.33. The highest BCUT2D eigenvalue weighted by Crippen LogP contribution is 2.34. The van der Waals surface area contributed by atoms with Crippen LogP contribution in [0.15, 0.2) is 45.8 Å². The Hall–Kier alpha value is -1.93. The lowest BCUT2D eigenvalue weighted by Gasteiger charge is -2.20. The van der Waals surface area contributed by atoms with E-state index in [1.54, 1.807) is 12.1 Å². The monoisotopic (exact) mass is 413 g/mol. The van der Waals surface area contributed by atoms with Crippen molar-refractivity contribution in [3.8, 4) is 0 Å². The maximum Gasteiger partial charge on any atom is 0.339 e. The predicted octanol–water partition coefficient (Wildman–Crippen LogP) is 3.13. The summed E-state index contributed by atoms with van der Waals surface area (Å²) in [5, 5.41) is 0. The number of sulfonamides is 1. The van der Waals surface area contributed by atoms with Crippen molar-refractivity contribution in [1.82, 2.24) is 0 Å². The van der Waals surface area contributed by atoms with Gasteiger partial charge in [-0.05, 0) is 46.1 Å². The molecule has 2 aromatic carbocycles. The molecular formula is C16H13BrFNO4S. The molecule has 0 fully saturated rings. The number of anilines is 1. The van der Waals surface area contributed by atoms with Gasteiger partial charge in [0.25, 0.3) is 10.0 Å². The first-order valence-electron chi connectivity index (χ1n) is 7.04. The molecule has 0 spiro atoms. The van der Waals surface area contributed by atoms with Gasteiger partial charge in [-0.25, -0.2) is 17.6 Å². The van der Waals surface area contributed by atoms with Gasteiger partial charge in [0.05, 0.1) is 18.4 Å². The number of rotatable bonds is 3. The summed E-state index contributed by atoms with van der Waals surface area (Å²) in [6.45, 7) is 0.227. The van der Waals surface area contributed by atoms with Crippen molar-refractivity contribution in [3.05, 3.63) is 57.8 Å². The van der Waals surface area contributed by atoms with E-state index in [1.807, 2.05) is 12.1 Å². The first-order valence-corrected chi connectivity index (χ1v) is 9.27. The van der Waals surface area contributed by atoms with Crippen LogP contribution in [0, 0.1) is 5.82 Å². The summed E-state index contributed by atoms with van der Waals surface area (Å²) in [5.74, 6) is -1.68. The van der Waals surface area contributed by atoms with Gasteiger partial charge < -0.3 is 4.74 Å². The molecule has 3 rings (SSSR count). The maximum absolute atomic E-state index is 14.3. The van der Waals surface area contributed by atoms with E-state index in [2.05, 4.69) is 20.7 Å². The van der Waals surface area contributed by atoms with Crippen molar-refractivity contribution < 1.29 is 22.3 Å². The Morgan fingerprint density at radius 2 is 2.00 bits per heavy atom. The van der Waals surface area contributed by atoms with Gasteiger partial charge in [-0.3, -0.25) is 4.31 Å². The summed E-state index contributed by atoms with van der Waals surface area (Å²) in [7, 11) is -2.96. The van der Waals surface area contributed by atoms with Crippen LogP contribution in [0.5, 0.6) is 0 Å². The Balaban J connectivity index is 2.13. The Morgan fingerprint density at radius 1 is 1.29 bits per heavy atom. The molecule has 126 valence electrons. The van der Waals surface area contributed by atoms with Crippen molar-refractivity contribution in [2.45, 2.75) is 11.3 Å². The number of carbonyl (C=O) groups excluding carboxylic acids is 1. The van der Waals surface area contributed by atoms with Crippen LogP contribution in [0.2, 0.25) is 0 Å². The van der Waals surface area contributed by atoms with E-state index in [9.17, 15) is 17.6 Å². The third-order valence-electron chi connectivity index (χ3n) is 3.84. The molecule has 0 saturated carbocycles. The standard InChI is InChI=1S/C16H13BrFNO4S/c1-23-16(20)11-8-15(13(18)9-12(11)17)24(21,22)19-7-6-10-4-2-3-5-14(10)19/h2-5,8-9H,6-7H2,1H3. The molecule has 0 saturated heterocycles. The molecule has 2 aromatic rings. The lowest BCUT2D eigenvalue weighted by atomic mass is 10.2. The van der Waals surface area contributed by atoms with Gasteiger partial charge in [0.1, 0.15) is 10.7 Å². The van der Waals surface area contributed by atoms with Crippen molar-refractivity contribution in [2.24, 2.45) is 0 Å². The molecule has 8 heteroatoms. The lowest BCUT2D eigenvalue weighted by Crippen LogP contribution is -2.30. The zero-order valence-electron chi connectivity index (χ0n) is 12.6. The Kier molecular flexibility index (Phi) is 4.35. The lowest BCUT2D eigenvalue weighted by molar-refractivity contribution is 0.0599. The topological polar surface area (TPSA) is 63.7 Å². The van der Waals surface area contributed by atoms with Crippen LogP contribution in [0.3, 0.4) is 0 Å². The second-order valence-corrected chi connectivity index (χ2v) is 7.90. The molecule has 1 aliphatic rings. The fourth-order valence-electron chi connectivity index (χ4n) is 2.67. The predicted molar refractivity (Wildman–Crippen MR) is 90.1 cm³/mol. The summed E-state index contributed by atoms with van der Waals surface area (Å²) in [6, 6.07) is 9.03. The van der Waals surface area contributed by atoms with Gasteiger partial charge in [0.15, 0.2) is 0 Å². The Labute approximate surface area is 147 Å². The van der Waals surface area contributed by atoms with Gasteiger partial charge in [-0.2, -0.15) is 0 Å². The first-order chi connectivity index (χ1) is 11.4. The average molecular weight is 414 g/mol. The minimum atomic E-state index is -4.13. The minimum absolute atomic E-state index is 0.0510. The molecule has 0 atom stereocenters. The zero-order valence-corrected chi connectivity index (χ0v) is 15.0. The molecular weight excluding hydrogens is 401 g/mol. The van der Waals surface area contributed by atoms with Crippen LogP contribution >= 0.6 is 15.9 Å². The number of hydrogen-bond acceptors (Lipinski definition) is 4.